The average molecular weight is 304 g/mol. The van der Waals surface area contributed by atoms with E-state index < -0.39 is 0 Å². The summed E-state index contributed by atoms with van der Waals surface area (Å²) in [6, 6.07) is 6.49. The van der Waals surface area contributed by atoms with E-state index in [-0.39, 0.29) is 0 Å². The molecule has 0 spiro atoms. The number of pyridine rings is 1. The Hall–Kier alpha value is -1.58. The third-order valence-corrected chi connectivity index (χ3v) is 3.49. The summed E-state index contributed by atoms with van der Waals surface area (Å²) in [6.07, 6.45) is 3.71. The van der Waals surface area contributed by atoms with Gasteiger partial charge in [0, 0.05) is 18.3 Å². The summed E-state index contributed by atoms with van der Waals surface area (Å²) in [7, 11) is 0. The molecule has 0 radical (unpaired) electrons. The second-order valence-electron chi connectivity index (χ2n) is 6.34. The van der Waals surface area contributed by atoms with Crippen LogP contribution in [0.5, 0.6) is 0 Å². The third-order valence-electron chi connectivity index (χ3n) is 3.49. The SMILES string of the molecule is CCNC(=NCc1cccc(C)n1)NC(C)CCCC(C)C. The lowest BCUT2D eigenvalue weighted by Gasteiger charge is -2.18. The highest BCUT2D eigenvalue weighted by Gasteiger charge is 2.06. The fourth-order valence-electron chi connectivity index (χ4n) is 2.31. The Balaban J connectivity index is 2.51. The van der Waals surface area contributed by atoms with Crippen LogP contribution in [-0.2, 0) is 6.54 Å². The van der Waals surface area contributed by atoms with Crippen molar-refractivity contribution < 1.29 is 0 Å². The zero-order valence-corrected chi connectivity index (χ0v) is 14.8. The van der Waals surface area contributed by atoms with E-state index in [4.69, 9.17) is 0 Å². The minimum absolute atomic E-state index is 0.432. The van der Waals surface area contributed by atoms with Gasteiger partial charge in [0.1, 0.15) is 0 Å². The molecule has 0 aliphatic carbocycles. The third kappa shape index (κ3) is 8.01. The maximum atomic E-state index is 4.64. The Morgan fingerprint density at radius 1 is 1.23 bits per heavy atom. The van der Waals surface area contributed by atoms with E-state index in [0.29, 0.717) is 12.6 Å². The molecule has 0 saturated carbocycles. The van der Waals surface area contributed by atoms with E-state index >= 15 is 0 Å². The number of nitrogens with zero attached hydrogens (tertiary/aromatic N) is 2. The number of rotatable bonds is 8. The van der Waals surface area contributed by atoms with Gasteiger partial charge in [-0.15, -0.1) is 0 Å². The molecule has 1 unspecified atom stereocenters. The Bertz CT molecular complexity index is 454. The average Bonchev–Trinajstić information content (AvgIpc) is 2.44. The second-order valence-corrected chi connectivity index (χ2v) is 6.34. The van der Waals surface area contributed by atoms with Gasteiger partial charge in [-0.2, -0.15) is 0 Å². The van der Waals surface area contributed by atoms with Gasteiger partial charge in [0.2, 0.25) is 0 Å². The molecule has 0 aliphatic rings. The zero-order chi connectivity index (χ0) is 16.4. The first kappa shape index (κ1) is 18.5. The molecule has 0 saturated heterocycles. The van der Waals surface area contributed by atoms with Crippen LogP contribution in [0.25, 0.3) is 0 Å². The highest BCUT2D eigenvalue weighted by atomic mass is 15.2. The molecule has 1 rings (SSSR count). The number of aliphatic imine (C=N–C) groups is 1. The van der Waals surface area contributed by atoms with E-state index in [1.807, 2.05) is 25.1 Å². The van der Waals surface area contributed by atoms with Gasteiger partial charge in [0.25, 0.3) is 0 Å². The van der Waals surface area contributed by atoms with E-state index in [1.54, 1.807) is 0 Å². The molecule has 124 valence electrons. The van der Waals surface area contributed by atoms with Crippen molar-refractivity contribution in [3.63, 3.8) is 0 Å². The predicted molar refractivity (Wildman–Crippen MR) is 95.1 cm³/mol. The molecule has 1 atom stereocenters. The van der Waals surface area contributed by atoms with Crippen molar-refractivity contribution in [1.82, 2.24) is 15.6 Å². The molecule has 22 heavy (non-hydrogen) atoms. The van der Waals surface area contributed by atoms with Crippen LogP contribution in [0.2, 0.25) is 0 Å². The van der Waals surface area contributed by atoms with Crippen LogP contribution in [0.15, 0.2) is 23.2 Å². The summed E-state index contributed by atoms with van der Waals surface area (Å²) >= 11 is 0. The topological polar surface area (TPSA) is 49.3 Å². The first-order valence-electron chi connectivity index (χ1n) is 8.48. The molecule has 0 aromatic carbocycles. The second kappa shape index (κ2) is 10.2. The van der Waals surface area contributed by atoms with Crippen molar-refractivity contribution in [3.05, 3.63) is 29.6 Å². The normalized spacial score (nSPS) is 13.3. The van der Waals surface area contributed by atoms with Gasteiger partial charge in [0.15, 0.2) is 5.96 Å². The summed E-state index contributed by atoms with van der Waals surface area (Å²) < 4.78 is 0. The van der Waals surface area contributed by atoms with Crippen LogP contribution in [-0.4, -0.2) is 23.5 Å². The summed E-state index contributed by atoms with van der Waals surface area (Å²) in [5.41, 5.74) is 2.04. The smallest absolute Gasteiger partial charge is 0.191 e. The number of aromatic nitrogens is 1. The molecule has 0 amide bonds. The summed E-state index contributed by atoms with van der Waals surface area (Å²) in [4.78, 5) is 9.13. The number of aryl methyl sites for hydroxylation is 1. The Labute approximate surface area is 135 Å². The quantitative estimate of drug-likeness (QED) is 0.569. The lowest BCUT2D eigenvalue weighted by Crippen LogP contribution is -2.42. The highest BCUT2D eigenvalue weighted by molar-refractivity contribution is 5.79. The number of hydrogen-bond acceptors (Lipinski definition) is 2. The van der Waals surface area contributed by atoms with E-state index in [9.17, 15) is 0 Å². The molecule has 0 aliphatic heterocycles. The standard InChI is InChI=1S/C18H32N4/c1-6-19-18(22-16(5)10-7-9-14(2)3)20-13-17-12-8-11-15(4)21-17/h8,11-12,14,16H,6-7,9-10,13H2,1-5H3,(H2,19,20,22). The Morgan fingerprint density at radius 3 is 2.64 bits per heavy atom. The molecular weight excluding hydrogens is 272 g/mol. The number of hydrogen-bond donors (Lipinski definition) is 2. The molecule has 1 aromatic heterocycles. The molecule has 0 fully saturated rings. The van der Waals surface area contributed by atoms with Gasteiger partial charge < -0.3 is 10.6 Å². The number of nitrogens with one attached hydrogen (secondary N) is 2. The van der Waals surface area contributed by atoms with Gasteiger partial charge in [0.05, 0.1) is 12.2 Å². The van der Waals surface area contributed by atoms with Crippen LogP contribution >= 0.6 is 0 Å². The van der Waals surface area contributed by atoms with Crippen molar-refractivity contribution in [2.24, 2.45) is 10.9 Å². The lowest BCUT2D eigenvalue weighted by molar-refractivity contribution is 0.491. The van der Waals surface area contributed by atoms with Gasteiger partial charge in [-0.25, -0.2) is 4.99 Å². The summed E-state index contributed by atoms with van der Waals surface area (Å²) in [5.74, 6) is 1.66. The first-order chi connectivity index (χ1) is 10.5. The highest BCUT2D eigenvalue weighted by Crippen LogP contribution is 2.08. The fraction of sp³-hybridized carbons (Fsp3) is 0.667. The molecule has 4 heteroatoms. The van der Waals surface area contributed by atoms with Crippen LogP contribution in [0.1, 0.15) is 58.3 Å². The largest absolute Gasteiger partial charge is 0.357 e. The Kier molecular flexibility index (Phi) is 8.56. The van der Waals surface area contributed by atoms with E-state index in [2.05, 4.69) is 48.3 Å². The van der Waals surface area contributed by atoms with Crippen LogP contribution in [0, 0.1) is 12.8 Å². The molecule has 1 heterocycles. The minimum Gasteiger partial charge on any atom is -0.357 e. The maximum absolute atomic E-state index is 4.64. The first-order valence-corrected chi connectivity index (χ1v) is 8.48. The van der Waals surface area contributed by atoms with Crippen molar-refractivity contribution in [3.8, 4) is 0 Å². The van der Waals surface area contributed by atoms with Gasteiger partial charge >= 0.3 is 0 Å². The number of guanidine groups is 1. The van der Waals surface area contributed by atoms with Crippen LogP contribution < -0.4 is 10.6 Å². The summed E-state index contributed by atoms with van der Waals surface area (Å²) in [6.45, 7) is 12.3. The van der Waals surface area contributed by atoms with Crippen LogP contribution in [0.3, 0.4) is 0 Å². The minimum atomic E-state index is 0.432. The molecule has 4 nitrogen and oxygen atoms in total. The lowest BCUT2D eigenvalue weighted by atomic mass is 10.0. The molecule has 1 aromatic rings. The maximum Gasteiger partial charge on any atom is 0.191 e. The van der Waals surface area contributed by atoms with E-state index in [0.717, 1.165) is 29.8 Å². The predicted octanol–water partition coefficient (Wildman–Crippen LogP) is 3.66. The van der Waals surface area contributed by atoms with Crippen LogP contribution in [0.4, 0.5) is 0 Å². The van der Waals surface area contributed by atoms with Gasteiger partial charge in [-0.3, -0.25) is 4.98 Å². The van der Waals surface area contributed by atoms with Crippen molar-refractivity contribution in [2.45, 2.75) is 66.5 Å². The Morgan fingerprint density at radius 2 is 2.00 bits per heavy atom. The molecule has 2 N–H and O–H groups in total. The summed E-state index contributed by atoms with van der Waals surface area (Å²) in [5, 5.41) is 6.80. The van der Waals surface area contributed by atoms with E-state index in [1.165, 1.54) is 19.3 Å². The monoisotopic (exact) mass is 304 g/mol. The zero-order valence-electron chi connectivity index (χ0n) is 14.8. The van der Waals surface area contributed by atoms with Crippen molar-refractivity contribution >= 4 is 5.96 Å². The van der Waals surface area contributed by atoms with Crippen molar-refractivity contribution in [2.75, 3.05) is 6.54 Å². The molecule has 0 bridgehead atoms. The van der Waals surface area contributed by atoms with Gasteiger partial charge in [-0.1, -0.05) is 32.8 Å². The van der Waals surface area contributed by atoms with Crippen molar-refractivity contribution in [1.29, 1.82) is 0 Å². The fourth-order valence-corrected chi connectivity index (χ4v) is 2.31. The molecular formula is C18H32N4. The van der Waals surface area contributed by atoms with Gasteiger partial charge in [-0.05, 0) is 45.2 Å².